The molecule has 5 nitrogen and oxygen atoms in total. The largest absolute Gasteiger partial charge is 0.464 e. The Morgan fingerprint density at radius 1 is 1.40 bits per heavy atom. The van der Waals surface area contributed by atoms with E-state index in [0.717, 1.165) is 0 Å². The highest BCUT2D eigenvalue weighted by molar-refractivity contribution is 5.79. The molecule has 0 amide bonds. The molecule has 0 unspecified atom stereocenters. The molecule has 0 atom stereocenters. The van der Waals surface area contributed by atoms with Gasteiger partial charge in [-0.05, 0) is 13.0 Å². The number of rotatable bonds is 1. The van der Waals surface area contributed by atoms with Gasteiger partial charge in [0, 0.05) is 17.7 Å². The zero-order valence-corrected chi connectivity index (χ0v) is 7.89. The van der Waals surface area contributed by atoms with Crippen LogP contribution in [0.15, 0.2) is 33.7 Å². The van der Waals surface area contributed by atoms with E-state index in [2.05, 4.69) is 0 Å². The predicted octanol–water partition coefficient (Wildman–Crippen LogP) is 2.01. The van der Waals surface area contributed by atoms with E-state index in [4.69, 9.17) is 4.42 Å². The number of nitro benzene ring substituents is 1. The summed E-state index contributed by atoms with van der Waals surface area (Å²) in [5.74, 6) is 0. The van der Waals surface area contributed by atoms with Gasteiger partial charge < -0.3 is 4.42 Å². The van der Waals surface area contributed by atoms with Crippen LogP contribution in [0.2, 0.25) is 0 Å². The minimum absolute atomic E-state index is 0.111. The van der Waals surface area contributed by atoms with E-state index >= 15 is 0 Å². The van der Waals surface area contributed by atoms with E-state index in [-0.39, 0.29) is 16.5 Å². The number of nitrogens with zero attached hydrogens (tertiary/aromatic N) is 1. The molecule has 2 rings (SSSR count). The summed E-state index contributed by atoms with van der Waals surface area (Å²) in [6.45, 7) is 1.60. The molecule has 0 radical (unpaired) electrons. The molecule has 1 aromatic carbocycles. The first-order chi connectivity index (χ1) is 7.09. The van der Waals surface area contributed by atoms with Gasteiger partial charge in [-0.1, -0.05) is 0 Å². The molecule has 0 aliphatic carbocycles. The lowest BCUT2D eigenvalue weighted by Gasteiger charge is -1.97. The van der Waals surface area contributed by atoms with Gasteiger partial charge in [0.25, 0.3) is 5.69 Å². The number of hydrogen-bond donors (Lipinski definition) is 0. The van der Waals surface area contributed by atoms with Gasteiger partial charge in [0.15, 0.2) is 5.43 Å². The van der Waals surface area contributed by atoms with E-state index in [1.54, 1.807) is 6.92 Å². The summed E-state index contributed by atoms with van der Waals surface area (Å²) in [4.78, 5) is 21.6. The summed E-state index contributed by atoms with van der Waals surface area (Å²) in [7, 11) is 0. The van der Waals surface area contributed by atoms with Gasteiger partial charge in [0.1, 0.15) is 5.58 Å². The summed E-state index contributed by atoms with van der Waals surface area (Å²) in [6.07, 6.45) is 1.34. The first-order valence-electron chi connectivity index (χ1n) is 4.26. The van der Waals surface area contributed by atoms with E-state index in [9.17, 15) is 14.9 Å². The molecular formula is C10H7NO4. The zero-order valence-electron chi connectivity index (χ0n) is 7.89. The molecular weight excluding hydrogens is 198 g/mol. The van der Waals surface area contributed by atoms with E-state index in [1.807, 2.05) is 0 Å². The lowest BCUT2D eigenvalue weighted by atomic mass is 10.2. The Bertz CT molecular complexity index is 600. The van der Waals surface area contributed by atoms with E-state index in [0.29, 0.717) is 11.1 Å². The van der Waals surface area contributed by atoms with Crippen molar-refractivity contribution in [1.29, 1.82) is 0 Å². The molecule has 1 heterocycles. The Morgan fingerprint density at radius 2 is 2.13 bits per heavy atom. The molecule has 0 aliphatic heterocycles. The van der Waals surface area contributed by atoms with Crippen LogP contribution in [0.1, 0.15) is 5.56 Å². The Morgan fingerprint density at radius 3 is 2.80 bits per heavy atom. The SMILES string of the molecule is Cc1coc2ccc([N+](=O)[O-])cc2c1=O. The summed E-state index contributed by atoms with van der Waals surface area (Å²) >= 11 is 0. The van der Waals surface area contributed by atoms with E-state index in [1.165, 1.54) is 24.5 Å². The van der Waals surface area contributed by atoms with Crippen LogP contribution in [-0.4, -0.2) is 4.92 Å². The van der Waals surface area contributed by atoms with Gasteiger partial charge in [0.2, 0.25) is 0 Å². The quantitative estimate of drug-likeness (QED) is 0.527. The standard InChI is InChI=1S/C10H7NO4/c1-6-5-15-9-3-2-7(11(13)14)4-8(9)10(6)12/h2-5H,1H3. The highest BCUT2D eigenvalue weighted by Gasteiger charge is 2.10. The number of nitro groups is 1. The second-order valence-corrected chi connectivity index (χ2v) is 3.19. The van der Waals surface area contributed by atoms with Crippen molar-refractivity contribution in [3.05, 3.63) is 50.4 Å². The van der Waals surface area contributed by atoms with Gasteiger partial charge >= 0.3 is 0 Å². The average Bonchev–Trinajstić information content (AvgIpc) is 2.23. The van der Waals surface area contributed by atoms with Crippen LogP contribution in [0.25, 0.3) is 11.0 Å². The summed E-state index contributed by atoms with van der Waals surface area (Å²) < 4.78 is 5.14. The molecule has 5 heteroatoms. The summed E-state index contributed by atoms with van der Waals surface area (Å²) in [6, 6.07) is 3.96. The van der Waals surface area contributed by atoms with Crippen molar-refractivity contribution >= 4 is 16.7 Å². The van der Waals surface area contributed by atoms with Crippen molar-refractivity contribution in [2.75, 3.05) is 0 Å². The molecule has 0 saturated heterocycles. The molecule has 2 aromatic rings. The Balaban J connectivity index is 2.85. The highest BCUT2D eigenvalue weighted by Crippen LogP contribution is 2.18. The number of benzene rings is 1. The van der Waals surface area contributed by atoms with Crippen molar-refractivity contribution in [2.24, 2.45) is 0 Å². The van der Waals surface area contributed by atoms with Crippen molar-refractivity contribution in [2.45, 2.75) is 6.92 Å². The van der Waals surface area contributed by atoms with Crippen LogP contribution in [0.5, 0.6) is 0 Å². The topological polar surface area (TPSA) is 73.3 Å². The predicted molar refractivity (Wildman–Crippen MR) is 53.9 cm³/mol. The second kappa shape index (κ2) is 3.20. The molecule has 0 saturated carbocycles. The maximum Gasteiger partial charge on any atom is 0.270 e. The maximum absolute atomic E-state index is 11.6. The van der Waals surface area contributed by atoms with Crippen molar-refractivity contribution in [3.8, 4) is 0 Å². The van der Waals surface area contributed by atoms with Crippen LogP contribution in [0.3, 0.4) is 0 Å². The molecule has 76 valence electrons. The fraction of sp³-hybridized carbons (Fsp3) is 0.100. The molecule has 15 heavy (non-hydrogen) atoms. The smallest absolute Gasteiger partial charge is 0.270 e. The molecule has 0 spiro atoms. The molecule has 0 aliphatic rings. The van der Waals surface area contributed by atoms with Gasteiger partial charge in [-0.25, -0.2) is 0 Å². The number of aryl methyl sites for hydroxylation is 1. The third-order valence-electron chi connectivity index (χ3n) is 2.14. The normalized spacial score (nSPS) is 10.5. The Labute approximate surface area is 84.1 Å². The van der Waals surface area contributed by atoms with Gasteiger partial charge in [0.05, 0.1) is 16.6 Å². The third-order valence-corrected chi connectivity index (χ3v) is 2.14. The number of hydrogen-bond acceptors (Lipinski definition) is 4. The minimum atomic E-state index is -0.540. The third kappa shape index (κ3) is 1.48. The van der Waals surface area contributed by atoms with Gasteiger partial charge in [-0.2, -0.15) is 0 Å². The van der Waals surface area contributed by atoms with Gasteiger partial charge in [-0.3, -0.25) is 14.9 Å². The van der Waals surface area contributed by atoms with Gasteiger partial charge in [-0.15, -0.1) is 0 Å². The van der Waals surface area contributed by atoms with Crippen LogP contribution in [0, 0.1) is 17.0 Å². The van der Waals surface area contributed by atoms with Crippen molar-refractivity contribution < 1.29 is 9.34 Å². The van der Waals surface area contributed by atoms with Crippen LogP contribution >= 0.6 is 0 Å². The highest BCUT2D eigenvalue weighted by atomic mass is 16.6. The zero-order chi connectivity index (χ0) is 11.0. The fourth-order valence-electron chi connectivity index (χ4n) is 1.33. The average molecular weight is 205 g/mol. The van der Waals surface area contributed by atoms with Crippen LogP contribution in [-0.2, 0) is 0 Å². The summed E-state index contributed by atoms with van der Waals surface area (Å²) in [5.41, 5.74) is 0.444. The molecule has 0 N–H and O–H groups in total. The van der Waals surface area contributed by atoms with Crippen LogP contribution < -0.4 is 5.43 Å². The second-order valence-electron chi connectivity index (χ2n) is 3.19. The Hall–Kier alpha value is -2.17. The molecule has 1 aromatic heterocycles. The summed E-state index contributed by atoms with van der Waals surface area (Å²) in [5, 5.41) is 10.8. The fourth-order valence-corrected chi connectivity index (χ4v) is 1.33. The maximum atomic E-state index is 11.6. The first kappa shape index (κ1) is 9.39. The lowest BCUT2D eigenvalue weighted by Crippen LogP contribution is -2.04. The first-order valence-corrected chi connectivity index (χ1v) is 4.26. The molecule has 0 bridgehead atoms. The van der Waals surface area contributed by atoms with E-state index < -0.39 is 4.92 Å². The monoisotopic (exact) mass is 205 g/mol. The minimum Gasteiger partial charge on any atom is -0.464 e. The molecule has 0 fully saturated rings. The van der Waals surface area contributed by atoms with Crippen LogP contribution in [0.4, 0.5) is 5.69 Å². The van der Waals surface area contributed by atoms with Crippen molar-refractivity contribution in [3.63, 3.8) is 0 Å². The lowest BCUT2D eigenvalue weighted by molar-refractivity contribution is -0.384. The Kier molecular flexibility index (Phi) is 2.00. The number of non-ortho nitro benzene ring substituents is 1. The number of fused-ring (bicyclic) bond motifs is 1. The van der Waals surface area contributed by atoms with Crippen molar-refractivity contribution in [1.82, 2.24) is 0 Å².